The molecule has 3 N–H and O–H groups in total. The van der Waals surface area contributed by atoms with Gasteiger partial charge in [0.15, 0.2) is 5.65 Å². The number of likely N-dealkylation sites (N-methyl/N-ethyl adjacent to an activating group) is 1. The average molecular weight is 573 g/mol. The molecule has 0 radical (unpaired) electrons. The number of aromatic nitrogens is 7. The van der Waals surface area contributed by atoms with Gasteiger partial charge in [-0.25, -0.2) is 28.8 Å². The summed E-state index contributed by atoms with van der Waals surface area (Å²) >= 11 is 0. The van der Waals surface area contributed by atoms with Crippen LogP contribution in [0, 0.1) is 5.82 Å². The second kappa shape index (κ2) is 12.0. The van der Waals surface area contributed by atoms with Crippen molar-refractivity contribution in [2.45, 2.75) is 25.9 Å². The maximum Gasteiger partial charge on any atom is 0.345 e. The van der Waals surface area contributed by atoms with E-state index in [-0.39, 0.29) is 35.7 Å². The van der Waals surface area contributed by atoms with Gasteiger partial charge >= 0.3 is 6.03 Å². The standard InChI is InChI=1S/C28H29FN10O3/c1-4-20(13-37(2)28(41)38-16-31-14-35-38)39-26-23(25(30)33-15-34-26)24(36-39)18-7-5-17(6-8-18)12-32-27(40)21-11-19(29)9-10-22(21)42-3/h5-11,14-16,20H,4,12-13H2,1-3H3,(H,32,40)(H2,30,33,34). The summed E-state index contributed by atoms with van der Waals surface area (Å²) in [4.78, 5) is 39.4. The predicted molar refractivity (Wildman–Crippen MR) is 152 cm³/mol. The minimum absolute atomic E-state index is 0.112. The average Bonchev–Trinajstić information content (AvgIpc) is 3.68. The lowest BCUT2D eigenvalue weighted by Gasteiger charge is -2.23. The summed E-state index contributed by atoms with van der Waals surface area (Å²) in [5.41, 5.74) is 9.12. The molecule has 0 saturated carbocycles. The fourth-order valence-electron chi connectivity index (χ4n) is 4.62. The van der Waals surface area contributed by atoms with Crippen LogP contribution in [-0.2, 0) is 6.54 Å². The van der Waals surface area contributed by atoms with Gasteiger partial charge in [0.1, 0.15) is 42.1 Å². The highest BCUT2D eigenvalue weighted by molar-refractivity contribution is 5.98. The molecule has 2 aromatic carbocycles. The van der Waals surface area contributed by atoms with Crippen molar-refractivity contribution in [3.05, 3.63) is 78.4 Å². The highest BCUT2D eigenvalue weighted by Crippen LogP contribution is 2.32. The van der Waals surface area contributed by atoms with Gasteiger partial charge < -0.3 is 20.7 Å². The lowest BCUT2D eigenvalue weighted by Crippen LogP contribution is -2.36. The number of nitrogen functional groups attached to an aromatic ring is 1. The number of methoxy groups -OCH3 is 1. The van der Waals surface area contributed by atoms with Crippen molar-refractivity contribution in [2.24, 2.45) is 0 Å². The molecule has 1 atom stereocenters. The second-order valence-electron chi connectivity index (χ2n) is 9.54. The van der Waals surface area contributed by atoms with E-state index in [9.17, 15) is 14.0 Å². The number of carbonyl (C=O) groups excluding carboxylic acids is 2. The van der Waals surface area contributed by atoms with Crippen LogP contribution < -0.4 is 15.8 Å². The number of benzene rings is 2. The zero-order valence-corrected chi connectivity index (χ0v) is 23.2. The van der Waals surface area contributed by atoms with Crippen molar-refractivity contribution in [1.82, 2.24) is 44.7 Å². The van der Waals surface area contributed by atoms with Crippen LogP contribution in [0.5, 0.6) is 5.75 Å². The zero-order valence-electron chi connectivity index (χ0n) is 23.2. The highest BCUT2D eigenvalue weighted by Gasteiger charge is 2.24. The summed E-state index contributed by atoms with van der Waals surface area (Å²) in [5.74, 6) is -0.420. The first-order valence-corrected chi connectivity index (χ1v) is 13.1. The molecule has 2 amide bonds. The van der Waals surface area contributed by atoms with Crippen molar-refractivity contribution >= 4 is 28.8 Å². The van der Waals surface area contributed by atoms with Gasteiger partial charge in [0, 0.05) is 25.7 Å². The molecule has 0 spiro atoms. The molecule has 42 heavy (non-hydrogen) atoms. The Morgan fingerprint density at radius 1 is 1.14 bits per heavy atom. The van der Waals surface area contributed by atoms with Crippen LogP contribution in [0.3, 0.4) is 0 Å². The summed E-state index contributed by atoms with van der Waals surface area (Å²) in [6, 6.07) is 10.7. The topological polar surface area (TPSA) is 159 Å². The molecule has 14 heteroatoms. The number of rotatable bonds is 9. The zero-order chi connectivity index (χ0) is 29.8. The van der Waals surface area contributed by atoms with Gasteiger partial charge in [0.25, 0.3) is 5.91 Å². The molecule has 3 aromatic heterocycles. The van der Waals surface area contributed by atoms with Crippen LogP contribution >= 0.6 is 0 Å². The Kier molecular flexibility index (Phi) is 8.04. The Balaban J connectivity index is 1.38. The van der Waals surface area contributed by atoms with Crippen molar-refractivity contribution in [3.8, 4) is 17.0 Å². The molecule has 0 aliphatic rings. The van der Waals surface area contributed by atoms with Crippen LogP contribution in [0.2, 0.25) is 0 Å². The Bertz CT molecular complexity index is 1720. The van der Waals surface area contributed by atoms with E-state index >= 15 is 0 Å². The molecule has 0 aliphatic carbocycles. The summed E-state index contributed by atoms with van der Waals surface area (Å²) in [6.45, 7) is 2.55. The number of nitrogens with one attached hydrogen (secondary N) is 1. The van der Waals surface area contributed by atoms with Gasteiger partial charge in [0.2, 0.25) is 0 Å². The number of carbonyl (C=O) groups is 2. The van der Waals surface area contributed by atoms with Gasteiger partial charge in [-0.1, -0.05) is 31.2 Å². The van der Waals surface area contributed by atoms with E-state index in [2.05, 4.69) is 25.4 Å². The van der Waals surface area contributed by atoms with Crippen LogP contribution in [0.1, 0.15) is 35.3 Å². The predicted octanol–water partition coefficient (Wildman–Crippen LogP) is 3.30. The van der Waals surface area contributed by atoms with Gasteiger partial charge in [-0.3, -0.25) is 4.79 Å². The number of fused-ring (bicyclic) bond motifs is 1. The molecule has 3 heterocycles. The fraction of sp³-hybridized carbons (Fsp3) is 0.250. The summed E-state index contributed by atoms with van der Waals surface area (Å²) in [5, 5.41) is 12.2. The van der Waals surface area contributed by atoms with E-state index in [1.165, 1.54) is 38.2 Å². The number of anilines is 1. The number of ether oxygens (including phenoxy) is 1. The third-order valence-corrected chi connectivity index (χ3v) is 6.85. The van der Waals surface area contributed by atoms with E-state index in [0.717, 1.165) is 21.9 Å². The van der Waals surface area contributed by atoms with Gasteiger partial charge in [-0.05, 0) is 30.2 Å². The molecule has 1 unspecified atom stereocenters. The van der Waals surface area contributed by atoms with Crippen LogP contribution in [0.4, 0.5) is 15.0 Å². The monoisotopic (exact) mass is 572 g/mol. The van der Waals surface area contributed by atoms with Crippen molar-refractivity contribution in [3.63, 3.8) is 0 Å². The van der Waals surface area contributed by atoms with E-state index < -0.39 is 11.7 Å². The Morgan fingerprint density at radius 3 is 2.62 bits per heavy atom. The Hall–Kier alpha value is -5.40. The second-order valence-corrected chi connectivity index (χ2v) is 9.54. The first kappa shape index (κ1) is 28.1. The largest absolute Gasteiger partial charge is 0.496 e. The molecule has 0 fully saturated rings. The molecule has 216 valence electrons. The third kappa shape index (κ3) is 5.59. The van der Waals surface area contributed by atoms with Gasteiger partial charge in [0.05, 0.1) is 24.1 Å². The number of nitrogens with zero attached hydrogens (tertiary/aromatic N) is 8. The molecular weight excluding hydrogens is 543 g/mol. The van der Waals surface area contributed by atoms with E-state index in [1.807, 2.05) is 31.2 Å². The number of hydrogen-bond donors (Lipinski definition) is 2. The third-order valence-electron chi connectivity index (χ3n) is 6.85. The summed E-state index contributed by atoms with van der Waals surface area (Å²) in [6.07, 6.45) is 4.69. The maximum atomic E-state index is 13.7. The van der Waals surface area contributed by atoms with Crippen molar-refractivity contribution in [2.75, 3.05) is 26.4 Å². The van der Waals surface area contributed by atoms with Crippen LogP contribution in [0.25, 0.3) is 22.3 Å². The van der Waals surface area contributed by atoms with E-state index in [4.69, 9.17) is 15.6 Å². The molecular formula is C28H29FN10O3. The summed E-state index contributed by atoms with van der Waals surface area (Å²) < 4.78 is 21.8. The Labute approximate surface area is 240 Å². The smallest absolute Gasteiger partial charge is 0.345 e. The van der Waals surface area contributed by atoms with E-state index in [1.54, 1.807) is 16.6 Å². The highest BCUT2D eigenvalue weighted by atomic mass is 19.1. The SMILES string of the molecule is CCC(CN(C)C(=O)n1cncn1)n1nc(-c2ccc(CNC(=O)c3cc(F)ccc3OC)cc2)c2c(N)ncnc21. The number of hydrogen-bond acceptors (Lipinski definition) is 9. The maximum absolute atomic E-state index is 13.7. The quantitative estimate of drug-likeness (QED) is 0.270. The number of amides is 2. The van der Waals surface area contributed by atoms with Crippen LogP contribution in [0.15, 0.2) is 61.4 Å². The van der Waals surface area contributed by atoms with Crippen molar-refractivity contribution < 1.29 is 18.7 Å². The summed E-state index contributed by atoms with van der Waals surface area (Å²) in [7, 11) is 3.11. The Morgan fingerprint density at radius 2 is 1.93 bits per heavy atom. The minimum Gasteiger partial charge on any atom is -0.496 e. The molecule has 5 aromatic rings. The van der Waals surface area contributed by atoms with Crippen molar-refractivity contribution in [1.29, 1.82) is 0 Å². The first-order chi connectivity index (χ1) is 20.3. The normalized spacial score (nSPS) is 11.8. The minimum atomic E-state index is -0.529. The molecule has 0 bridgehead atoms. The fourth-order valence-corrected chi connectivity index (χ4v) is 4.62. The first-order valence-electron chi connectivity index (χ1n) is 13.1. The molecule has 13 nitrogen and oxygen atoms in total. The molecule has 5 rings (SSSR count). The molecule has 0 saturated heterocycles. The number of nitrogens with two attached hydrogens (primary N) is 1. The van der Waals surface area contributed by atoms with E-state index in [0.29, 0.717) is 29.7 Å². The number of halogens is 1. The van der Waals surface area contributed by atoms with Gasteiger partial charge in [-0.15, -0.1) is 0 Å². The lowest BCUT2D eigenvalue weighted by molar-refractivity contribution is 0.0947. The molecule has 0 aliphatic heterocycles. The van der Waals surface area contributed by atoms with Crippen LogP contribution in [-0.4, -0.2) is 72.1 Å². The van der Waals surface area contributed by atoms with Gasteiger partial charge in [-0.2, -0.15) is 14.9 Å². The lowest BCUT2D eigenvalue weighted by atomic mass is 10.1.